The molecule has 3 aromatic heterocycles. The Bertz CT molecular complexity index is 5500. The van der Waals surface area contributed by atoms with Gasteiger partial charge in [0.25, 0.3) is 0 Å². The number of phenols is 4. The summed E-state index contributed by atoms with van der Waals surface area (Å²) in [6.45, 7) is 14.2. The van der Waals surface area contributed by atoms with Gasteiger partial charge in [-0.05, 0) is 105 Å². The van der Waals surface area contributed by atoms with Crippen molar-refractivity contribution in [1.82, 2.24) is 0 Å². The molecule has 0 spiro atoms. The summed E-state index contributed by atoms with van der Waals surface area (Å²) in [5, 5.41) is 80.2. The number of phenolic OH excluding ortho intramolecular Hbond substituents is 4. The molecule has 43 heteroatoms. The maximum atomic E-state index is 12.5. The van der Waals surface area contributed by atoms with E-state index in [-0.39, 0.29) is 86.1 Å². The number of benzene rings is 6. The molecule has 12 rings (SSSR count). The minimum absolute atomic E-state index is 0. The maximum Gasteiger partial charge on any atom is 1.00 e. The normalized spacial score (nSPS) is 21.2. The molecule has 9 aromatic rings. The quantitative estimate of drug-likeness (QED) is 0.0214. The molecule has 3 fully saturated rings. The van der Waals surface area contributed by atoms with Crippen LogP contribution >= 0.6 is 0 Å². The summed E-state index contributed by atoms with van der Waals surface area (Å²) in [5.74, 6) is -7.42. The van der Waals surface area contributed by atoms with Gasteiger partial charge in [-0.15, -0.1) is 0 Å². The molecular weight excluding hydrogens is 1720 g/mol. The topological polar surface area (TPSA) is 545 Å². The van der Waals surface area contributed by atoms with E-state index < -0.39 is 179 Å². The van der Waals surface area contributed by atoms with Crippen molar-refractivity contribution in [1.29, 1.82) is 0 Å². The summed E-state index contributed by atoms with van der Waals surface area (Å²) < 4.78 is 125. The van der Waals surface area contributed by atoms with E-state index in [4.69, 9.17) is 84.3 Å². The van der Waals surface area contributed by atoms with Crippen LogP contribution in [-0.2, 0) is 105 Å². The maximum absolute atomic E-state index is 12.5. The Kier molecular flexibility index (Phi) is 40.4. The minimum Gasteiger partial charge on any atom is -0.504 e. The number of hydrogen-bond donors (Lipinski definition) is 8. The molecule has 682 valence electrons. The van der Waals surface area contributed by atoms with Crippen molar-refractivity contribution < 1.29 is 211 Å². The van der Waals surface area contributed by atoms with E-state index in [2.05, 4.69) is 0 Å². The summed E-state index contributed by atoms with van der Waals surface area (Å²) in [7, 11) is -3.67. The number of rotatable bonds is 21. The molecule has 0 radical (unpaired) electrons. The molecule has 0 bridgehead atoms. The second kappa shape index (κ2) is 49.6. The molecule has 0 aliphatic carbocycles. The predicted molar refractivity (Wildman–Crippen MR) is 432 cm³/mol. The Morgan fingerprint density at radius 2 is 0.672 bits per heavy atom. The van der Waals surface area contributed by atoms with Crippen molar-refractivity contribution >= 4 is 94.2 Å². The molecular formula is C85H90BF3NaO38+. The number of para-hydroxylation sites is 3. The van der Waals surface area contributed by atoms with Crippen LogP contribution in [0.4, 0.5) is 12.9 Å². The molecule has 6 heterocycles. The molecule has 15 atom stereocenters. The van der Waals surface area contributed by atoms with Crippen LogP contribution in [-0.4, -0.2) is 227 Å². The van der Waals surface area contributed by atoms with Gasteiger partial charge in [-0.3, -0.25) is 70.5 Å². The summed E-state index contributed by atoms with van der Waals surface area (Å²) in [5.41, 5.74) is 1.89. The first kappa shape index (κ1) is 104. The number of hydrogen-bond acceptors (Lipinski definition) is 38. The van der Waals surface area contributed by atoms with Gasteiger partial charge in [-0.25, -0.2) is 0 Å². The molecule has 128 heavy (non-hydrogen) atoms. The van der Waals surface area contributed by atoms with Gasteiger partial charge >= 0.3 is 90.8 Å². The first-order valence-electron chi connectivity index (χ1n) is 38.3. The van der Waals surface area contributed by atoms with Crippen molar-refractivity contribution in [2.45, 2.75) is 168 Å². The molecule has 3 aliphatic rings. The van der Waals surface area contributed by atoms with Gasteiger partial charge in [0.1, 0.15) is 83.9 Å². The van der Waals surface area contributed by atoms with E-state index in [0.29, 0.717) is 55.4 Å². The fraction of sp³-hybridized carbons (Fsp3) is 0.365. The van der Waals surface area contributed by atoms with E-state index in [1.54, 1.807) is 78.9 Å². The van der Waals surface area contributed by atoms with Crippen molar-refractivity contribution in [2.24, 2.45) is 0 Å². The van der Waals surface area contributed by atoms with Gasteiger partial charge < -0.3 is 125 Å². The van der Waals surface area contributed by atoms with Gasteiger partial charge in [0.05, 0.1) is 22.8 Å². The largest absolute Gasteiger partial charge is 1.00 e. The smallest absolute Gasteiger partial charge is 0.504 e. The first-order chi connectivity index (χ1) is 60.1. The molecule has 3 aliphatic heterocycles. The van der Waals surface area contributed by atoms with E-state index in [1.807, 2.05) is 13.8 Å². The minimum atomic E-state index is -3.67. The molecule has 8 N–H and O–H groups in total. The molecule has 3 saturated heterocycles. The number of carbonyl (C=O) groups excluding carboxylic acids is 9. The zero-order valence-corrected chi connectivity index (χ0v) is 72.6. The molecule has 0 amide bonds. The Labute approximate surface area is 747 Å². The number of ether oxygens (including phenoxy) is 15. The Hall–Kier alpha value is -12.5. The van der Waals surface area contributed by atoms with Gasteiger partial charge in [0.2, 0.25) is 31.1 Å². The number of aromatic hydroxyl groups is 4. The van der Waals surface area contributed by atoms with Crippen molar-refractivity contribution in [3.8, 4) is 68.5 Å². The average Bonchev–Trinajstić information content (AvgIpc) is 0.773. The molecule has 6 aromatic carbocycles. The summed E-state index contributed by atoms with van der Waals surface area (Å²) >= 11 is 0. The zero-order chi connectivity index (χ0) is 93.8. The van der Waals surface area contributed by atoms with Crippen molar-refractivity contribution in [3.63, 3.8) is 0 Å². The van der Waals surface area contributed by atoms with Crippen LogP contribution in [0.25, 0.3) is 66.9 Å². The van der Waals surface area contributed by atoms with Crippen molar-refractivity contribution in [3.05, 3.63) is 176 Å². The first-order valence-corrected chi connectivity index (χ1v) is 38.3. The summed E-state index contributed by atoms with van der Waals surface area (Å²) in [6.07, 6.45) is -21.1. The number of fused-ring (bicyclic) bond motifs is 3. The number of esters is 9. The monoisotopic (exact) mass is 1810 g/mol. The number of carbonyl (C=O) groups is 9. The van der Waals surface area contributed by atoms with Crippen LogP contribution in [0.1, 0.15) is 76.2 Å². The fourth-order valence-electron chi connectivity index (χ4n) is 12.3. The standard InChI is InChI=1S/C29H28O13.C21H20O9.C16H22O11.C15H10O4.C4H10O.BF3.Na/c1-14(30)36-13-25-26(37-15(2)31)27(38-16(3)32)28(39-17(4)33)29(42-25)41-23-10-9-18(11-21(23)35)24-12-20(34)19-7-5-6-8-22(19)40-24;22-9-17-18(25)19(26)20(27)21(30-17)29-15-6-5-10(7-13(15)24)16-8-12(23)11-3-1-2-4-14(11)28-16;1-7(17)22-6-12-13(23-8(2)18)14(24-9(3)19)15(25-10(4)20)16(27-12)26-11(5)21;16-11-6-5-9(7-13(11)18)15-8-12(17)10-3-1-2-4-14(10)19-15;1-3-5-4-2;2-1(3)4;/h5-12,25-29,35H,13H2,1-4H3;1-8,17-22,24-27H,9H2;12-16H,6H2,1-5H3;1-8,16,18H;3-4H2,1-2H3;;/q;;;;;;+1/t25?,26-,27?,28+,29-;17?,18-,19?,20+,21-;12?,13-,14?,15+,16-;;;;/m111..../s1. The van der Waals surface area contributed by atoms with Crippen LogP contribution < -0.4 is 55.3 Å². The third-order valence-corrected chi connectivity index (χ3v) is 17.6. The summed E-state index contributed by atoms with van der Waals surface area (Å²) in [6, 6.07) is 37.1. The second-order valence-corrected chi connectivity index (χ2v) is 27.2. The molecule has 0 saturated carbocycles. The second-order valence-electron chi connectivity index (χ2n) is 27.2. The van der Waals surface area contributed by atoms with E-state index in [0.717, 1.165) is 75.5 Å². The third kappa shape index (κ3) is 30.4. The van der Waals surface area contributed by atoms with Gasteiger partial charge in [0, 0.05) is 110 Å². The van der Waals surface area contributed by atoms with E-state index in [1.165, 1.54) is 66.7 Å². The fourth-order valence-corrected chi connectivity index (χ4v) is 12.3. The molecule has 6 unspecified atom stereocenters. The van der Waals surface area contributed by atoms with Gasteiger partial charge in [-0.1, -0.05) is 36.4 Å². The predicted octanol–water partition coefficient (Wildman–Crippen LogP) is 4.40. The Balaban J connectivity index is 0.000000262. The summed E-state index contributed by atoms with van der Waals surface area (Å²) in [4.78, 5) is 141. The van der Waals surface area contributed by atoms with Crippen LogP contribution in [0, 0.1) is 0 Å². The Morgan fingerprint density at radius 3 is 1.00 bits per heavy atom. The van der Waals surface area contributed by atoms with E-state index >= 15 is 0 Å². The average molecular weight is 1810 g/mol. The van der Waals surface area contributed by atoms with Crippen molar-refractivity contribution in [2.75, 3.05) is 33.0 Å². The Morgan fingerprint density at radius 1 is 0.359 bits per heavy atom. The van der Waals surface area contributed by atoms with Crippen LogP contribution in [0.15, 0.2) is 173 Å². The third-order valence-electron chi connectivity index (χ3n) is 17.6. The van der Waals surface area contributed by atoms with E-state index in [9.17, 15) is 111 Å². The van der Waals surface area contributed by atoms with Crippen LogP contribution in [0.2, 0.25) is 0 Å². The van der Waals surface area contributed by atoms with Crippen LogP contribution in [0.5, 0.6) is 34.5 Å². The zero-order valence-electron chi connectivity index (χ0n) is 70.6. The number of aliphatic hydroxyl groups is 4. The van der Waals surface area contributed by atoms with Gasteiger partial charge in [0.15, 0.2) is 75.2 Å². The molecule has 38 nitrogen and oxygen atoms in total. The van der Waals surface area contributed by atoms with Gasteiger partial charge in [-0.2, -0.15) is 0 Å². The number of aliphatic hydroxyl groups excluding tert-OH is 4. The van der Waals surface area contributed by atoms with Crippen LogP contribution in [0.3, 0.4) is 0 Å². The number of halogens is 3. The SMILES string of the molecule is CC(=O)OCC1O[C@@H](OC(C)=O)[C@@H](OC(C)=O)C(OC(C)=O)[C@@H]1OC(C)=O.CC(=O)OCC1O[C@@H](Oc2ccc(-c3cc(=O)c4ccccc4o3)cc2O)[C@@H](OC(C)=O)C(OC(C)=O)[C@@H]1OC(C)=O.CCOCC.FB(F)F.O=c1cc(-c2ccc(O)c(O)c2)oc2ccccc12.O=c1cc(-c2ccc(O[C@@H]3OC(CO)[C@@H](O)C(O)[C@@H]3O)c(O)c2)oc2ccccc12.[Na+].